The minimum Gasteiger partial charge on any atom is -0.494 e. The van der Waals surface area contributed by atoms with E-state index in [1.54, 1.807) is 13.3 Å². The minimum absolute atomic E-state index is 0.818. The van der Waals surface area contributed by atoms with E-state index in [-0.39, 0.29) is 0 Å². The number of halogens is 2. The van der Waals surface area contributed by atoms with E-state index in [4.69, 9.17) is 4.74 Å². The summed E-state index contributed by atoms with van der Waals surface area (Å²) in [4.78, 5) is 0. The van der Waals surface area contributed by atoms with Crippen molar-refractivity contribution in [3.05, 3.63) is 39.0 Å². The molecule has 108 valence electrons. The Bertz CT molecular complexity index is 522. The van der Waals surface area contributed by atoms with E-state index >= 15 is 0 Å². The number of aromatic nitrogens is 3. The average molecular weight is 404 g/mol. The Balaban J connectivity index is 1.76. The Morgan fingerprint density at radius 1 is 1.30 bits per heavy atom. The smallest absolute Gasteiger partial charge is 0.147 e. The Morgan fingerprint density at radius 3 is 2.65 bits per heavy atom. The van der Waals surface area contributed by atoms with Crippen LogP contribution in [0.25, 0.3) is 0 Å². The Hall–Kier alpha value is -0.920. The second kappa shape index (κ2) is 7.75. The highest BCUT2D eigenvalue weighted by Crippen LogP contribution is 2.34. The Labute approximate surface area is 135 Å². The topological polar surface area (TPSA) is 52.0 Å². The molecule has 2 aromatic rings. The molecule has 0 amide bonds. The number of benzene rings is 1. The van der Waals surface area contributed by atoms with Crippen molar-refractivity contribution in [1.82, 2.24) is 20.3 Å². The maximum Gasteiger partial charge on any atom is 0.147 e. The van der Waals surface area contributed by atoms with Crippen molar-refractivity contribution in [3.8, 4) is 5.75 Å². The van der Waals surface area contributed by atoms with Crippen LogP contribution >= 0.6 is 31.9 Å². The number of hydrogen-bond donors (Lipinski definition) is 1. The van der Waals surface area contributed by atoms with Gasteiger partial charge in [0.1, 0.15) is 5.75 Å². The van der Waals surface area contributed by atoms with Gasteiger partial charge in [0.05, 0.1) is 22.3 Å². The first kappa shape index (κ1) is 15.5. The lowest BCUT2D eigenvalue weighted by Gasteiger charge is -2.10. The van der Waals surface area contributed by atoms with Gasteiger partial charge in [0.2, 0.25) is 0 Å². The number of hydrogen-bond acceptors (Lipinski definition) is 4. The molecule has 0 saturated heterocycles. The van der Waals surface area contributed by atoms with E-state index in [0.717, 1.165) is 40.8 Å². The van der Waals surface area contributed by atoms with Crippen LogP contribution in [0.4, 0.5) is 0 Å². The molecule has 0 bridgehead atoms. The van der Waals surface area contributed by atoms with Crippen LogP contribution in [0, 0.1) is 0 Å². The number of aryl methyl sites for hydroxylation is 1. The Kier molecular flexibility index (Phi) is 6.00. The van der Waals surface area contributed by atoms with Gasteiger partial charge in [-0.05, 0) is 62.5 Å². The van der Waals surface area contributed by atoms with Gasteiger partial charge in [0.15, 0.2) is 0 Å². The first-order valence-electron chi connectivity index (χ1n) is 6.27. The lowest BCUT2D eigenvalue weighted by atomic mass is 10.2. The second-order valence-corrected chi connectivity index (χ2v) is 6.00. The normalized spacial score (nSPS) is 10.8. The summed E-state index contributed by atoms with van der Waals surface area (Å²) in [7, 11) is 1.66. The predicted molar refractivity (Wildman–Crippen MR) is 84.7 cm³/mol. The molecule has 0 unspecified atom stereocenters. The van der Waals surface area contributed by atoms with Crippen molar-refractivity contribution >= 4 is 31.9 Å². The van der Waals surface area contributed by atoms with Crippen LogP contribution in [-0.2, 0) is 13.1 Å². The van der Waals surface area contributed by atoms with Gasteiger partial charge in [-0.3, -0.25) is 4.68 Å². The average Bonchev–Trinajstić information content (AvgIpc) is 2.91. The molecule has 0 aliphatic carbocycles. The van der Waals surface area contributed by atoms with Gasteiger partial charge in [0, 0.05) is 19.3 Å². The third kappa shape index (κ3) is 4.29. The maximum absolute atomic E-state index is 5.29. The molecule has 0 aliphatic heterocycles. The van der Waals surface area contributed by atoms with Crippen LogP contribution in [-0.4, -0.2) is 28.6 Å². The molecule has 1 aromatic carbocycles. The van der Waals surface area contributed by atoms with Crippen LogP contribution in [0.1, 0.15) is 12.0 Å². The molecule has 1 heterocycles. The fraction of sp³-hybridized carbons (Fsp3) is 0.385. The molecular formula is C13H16Br2N4O. The monoisotopic (exact) mass is 402 g/mol. The summed E-state index contributed by atoms with van der Waals surface area (Å²) < 4.78 is 9.03. The summed E-state index contributed by atoms with van der Waals surface area (Å²) in [6.07, 6.45) is 4.58. The molecule has 2 rings (SSSR count). The quantitative estimate of drug-likeness (QED) is 0.722. The predicted octanol–water partition coefficient (Wildman–Crippen LogP) is 2.99. The maximum atomic E-state index is 5.29. The molecule has 0 spiro atoms. The summed E-state index contributed by atoms with van der Waals surface area (Å²) in [6, 6.07) is 4.13. The molecule has 0 fully saturated rings. The Morgan fingerprint density at radius 2 is 2.05 bits per heavy atom. The largest absolute Gasteiger partial charge is 0.494 e. The molecule has 0 saturated carbocycles. The SMILES string of the molecule is COc1c(Br)cc(CNCCCn2ccnn2)cc1Br. The van der Waals surface area contributed by atoms with Crippen molar-refractivity contribution in [1.29, 1.82) is 0 Å². The number of ether oxygens (including phenoxy) is 1. The molecule has 1 N–H and O–H groups in total. The lowest BCUT2D eigenvalue weighted by Crippen LogP contribution is -2.16. The molecule has 0 radical (unpaired) electrons. The number of rotatable bonds is 7. The van der Waals surface area contributed by atoms with Gasteiger partial charge in [-0.25, -0.2) is 0 Å². The van der Waals surface area contributed by atoms with Crippen molar-refractivity contribution in [2.45, 2.75) is 19.5 Å². The summed E-state index contributed by atoms with van der Waals surface area (Å²) in [5.41, 5.74) is 1.20. The fourth-order valence-electron chi connectivity index (χ4n) is 1.86. The number of nitrogens with zero attached hydrogens (tertiary/aromatic N) is 3. The third-order valence-electron chi connectivity index (χ3n) is 2.80. The molecule has 5 nitrogen and oxygen atoms in total. The lowest BCUT2D eigenvalue weighted by molar-refractivity contribution is 0.409. The first-order chi connectivity index (χ1) is 9.70. The molecule has 7 heteroatoms. The van der Waals surface area contributed by atoms with Gasteiger partial charge < -0.3 is 10.1 Å². The summed E-state index contributed by atoms with van der Waals surface area (Å²) in [6.45, 7) is 2.63. The molecule has 0 atom stereocenters. The summed E-state index contributed by atoms with van der Waals surface area (Å²) in [5.74, 6) is 0.819. The van der Waals surface area contributed by atoms with Crippen LogP contribution in [0.3, 0.4) is 0 Å². The summed E-state index contributed by atoms with van der Waals surface area (Å²) >= 11 is 7.01. The zero-order valence-corrected chi connectivity index (χ0v) is 14.3. The zero-order chi connectivity index (χ0) is 14.4. The summed E-state index contributed by atoms with van der Waals surface area (Å²) in [5, 5.41) is 11.1. The van der Waals surface area contributed by atoms with E-state index in [2.05, 4.69) is 59.6 Å². The molecule has 1 aromatic heterocycles. The van der Waals surface area contributed by atoms with Gasteiger partial charge in [-0.1, -0.05) is 5.21 Å². The first-order valence-corrected chi connectivity index (χ1v) is 7.86. The van der Waals surface area contributed by atoms with Gasteiger partial charge in [-0.2, -0.15) is 0 Å². The standard InChI is InChI=1S/C13H16Br2N4O/c1-20-13-11(14)7-10(8-12(13)15)9-16-3-2-5-19-6-4-17-18-19/h4,6-8,16H,2-3,5,9H2,1H3. The third-order valence-corrected chi connectivity index (χ3v) is 3.98. The minimum atomic E-state index is 0.818. The highest BCUT2D eigenvalue weighted by Gasteiger charge is 2.07. The van der Waals surface area contributed by atoms with Crippen LogP contribution < -0.4 is 10.1 Å². The van der Waals surface area contributed by atoms with E-state index in [1.807, 2.05) is 10.9 Å². The zero-order valence-electron chi connectivity index (χ0n) is 11.1. The number of nitrogens with one attached hydrogen (secondary N) is 1. The van der Waals surface area contributed by atoms with Crippen LogP contribution in [0.2, 0.25) is 0 Å². The van der Waals surface area contributed by atoms with Crippen molar-refractivity contribution in [2.24, 2.45) is 0 Å². The van der Waals surface area contributed by atoms with Crippen molar-refractivity contribution in [3.63, 3.8) is 0 Å². The van der Waals surface area contributed by atoms with E-state index in [1.165, 1.54) is 5.56 Å². The van der Waals surface area contributed by atoms with Gasteiger partial charge >= 0.3 is 0 Å². The molecule has 0 aliphatic rings. The van der Waals surface area contributed by atoms with E-state index in [9.17, 15) is 0 Å². The van der Waals surface area contributed by atoms with Gasteiger partial charge in [-0.15, -0.1) is 5.10 Å². The van der Waals surface area contributed by atoms with E-state index < -0.39 is 0 Å². The second-order valence-electron chi connectivity index (χ2n) is 4.29. The van der Waals surface area contributed by atoms with Crippen LogP contribution in [0.15, 0.2) is 33.5 Å². The highest BCUT2D eigenvalue weighted by molar-refractivity contribution is 9.11. The van der Waals surface area contributed by atoms with Crippen molar-refractivity contribution in [2.75, 3.05) is 13.7 Å². The molecular weight excluding hydrogens is 388 g/mol. The van der Waals surface area contributed by atoms with E-state index in [0.29, 0.717) is 0 Å². The van der Waals surface area contributed by atoms with Crippen LogP contribution in [0.5, 0.6) is 5.75 Å². The number of methoxy groups -OCH3 is 1. The van der Waals surface area contributed by atoms with Crippen molar-refractivity contribution < 1.29 is 4.74 Å². The van der Waals surface area contributed by atoms with Gasteiger partial charge in [0.25, 0.3) is 0 Å². The highest BCUT2D eigenvalue weighted by atomic mass is 79.9. The molecule has 20 heavy (non-hydrogen) atoms. The fourth-order valence-corrected chi connectivity index (χ4v) is 3.47.